The van der Waals surface area contributed by atoms with Gasteiger partial charge in [0.15, 0.2) is 0 Å². The molecule has 0 spiro atoms. The summed E-state index contributed by atoms with van der Waals surface area (Å²) in [6.45, 7) is 1.99. The van der Waals surface area contributed by atoms with Crippen molar-refractivity contribution < 1.29 is 15.0 Å². The number of aromatic hydroxyl groups is 2. The average molecular weight is 387 g/mol. The van der Waals surface area contributed by atoms with Gasteiger partial charge in [0, 0.05) is 0 Å². The van der Waals surface area contributed by atoms with Crippen LogP contribution >= 0.6 is 0 Å². The standard InChI is InChI=1S/C18H16N2O3Se/c1-11-3-5-13(6-4-11)20-17(23)16(19(2)18(20)24)9-12-7-14(21)10-15(22)8-12/h3-10,21-22H,1-2H3/b16-9+. The fraction of sp³-hybridized carbons (Fsp3) is 0.111. The van der Waals surface area contributed by atoms with Crippen molar-refractivity contribution in [3.63, 3.8) is 0 Å². The topological polar surface area (TPSA) is 64.0 Å². The Labute approximate surface area is 147 Å². The molecule has 2 aromatic carbocycles. The molecule has 1 saturated heterocycles. The summed E-state index contributed by atoms with van der Waals surface area (Å²) in [6, 6.07) is 11.9. The molecule has 0 unspecified atom stereocenters. The van der Waals surface area contributed by atoms with Crippen LogP contribution in [0.2, 0.25) is 0 Å². The number of anilines is 1. The van der Waals surface area contributed by atoms with Crippen molar-refractivity contribution in [3.05, 3.63) is 59.3 Å². The number of hydrogen-bond acceptors (Lipinski definition) is 4. The van der Waals surface area contributed by atoms with Crippen molar-refractivity contribution in [2.24, 2.45) is 0 Å². The molecular weight excluding hydrogens is 371 g/mol. The first-order chi connectivity index (χ1) is 11.4. The van der Waals surface area contributed by atoms with Crippen molar-refractivity contribution in [1.82, 2.24) is 4.90 Å². The van der Waals surface area contributed by atoms with Gasteiger partial charge in [-0.2, -0.15) is 0 Å². The Bertz CT molecular complexity index is 839. The van der Waals surface area contributed by atoms with Gasteiger partial charge in [0.2, 0.25) is 0 Å². The molecule has 0 radical (unpaired) electrons. The molecule has 0 aliphatic carbocycles. The SMILES string of the molecule is Cc1ccc(N2C(=O)/C(=C\c3cc(O)cc(O)c3)N(C)C2=[Se])cc1. The van der Waals surface area contributed by atoms with Gasteiger partial charge in [0.05, 0.1) is 0 Å². The third-order valence-corrected chi connectivity index (χ3v) is 4.74. The van der Waals surface area contributed by atoms with Crippen LogP contribution in [0.1, 0.15) is 11.1 Å². The molecule has 0 atom stereocenters. The van der Waals surface area contributed by atoms with Gasteiger partial charge in [0.25, 0.3) is 0 Å². The summed E-state index contributed by atoms with van der Waals surface area (Å²) >= 11 is 2.93. The zero-order valence-corrected chi connectivity index (χ0v) is 14.9. The van der Waals surface area contributed by atoms with Gasteiger partial charge >= 0.3 is 147 Å². The molecule has 3 rings (SSSR count). The van der Waals surface area contributed by atoms with Gasteiger partial charge in [-0.1, -0.05) is 0 Å². The normalized spacial score (nSPS) is 16.3. The Morgan fingerprint density at radius 1 is 1.04 bits per heavy atom. The van der Waals surface area contributed by atoms with Crippen LogP contribution in [0.5, 0.6) is 11.5 Å². The molecule has 1 fully saturated rings. The van der Waals surface area contributed by atoms with Gasteiger partial charge in [-0.05, 0) is 0 Å². The van der Waals surface area contributed by atoms with Crippen LogP contribution in [0.15, 0.2) is 48.2 Å². The molecule has 122 valence electrons. The maximum atomic E-state index is 12.8. The molecule has 24 heavy (non-hydrogen) atoms. The third kappa shape index (κ3) is 2.94. The van der Waals surface area contributed by atoms with Crippen LogP contribution in [-0.4, -0.2) is 48.3 Å². The molecule has 1 aliphatic rings. The second-order valence-electron chi connectivity index (χ2n) is 5.63. The van der Waals surface area contributed by atoms with Gasteiger partial charge in [-0.15, -0.1) is 0 Å². The van der Waals surface area contributed by atoms with E-state index in [1.165, 1.54) is 18.2 Å². The number of hydrogen-bond donors (Lipinski definition) is 2. The van der Waals surface area contributed by atoms with E-state index in [1.54, 1.807) is 22.9 Å². The summed E-state index contributed by atoms with van der Waals surface area (Å²) in [5.74, 6) is -0.298. The number of carbonyl (C=O) groups excluding carboxylic acids is 1. The van der Waals surface area contributed by atoms with Crippen molar-refractivity contribution in [3.8, 4) is 11.5 Å². The van der Waals surface area contributed by atoms with Gasteiger partial charge in [0.1, 0.15) is 0 Å². The van der Waals surface area contributed by atoms with Crippen LogP contribution in [0.25, 0.3) is 6.08 Å². The number of benzene rings is 2. The Kier molecular flexibility index (Phi) is 4.18. The minimum absolute atomic E-state index is 0.0578. The molecule has 0 saturated carbocycles. The molecule has 0 aromatic heterocycles. The van der Waals surface area contributed by atoms with Crippen molar-refractivity contribution in [2.75, 3.05) is 11.9 Å². The Hall–Kier alpha value is -2.56. The number of phenols is 2. The number of aryl methyl sites for hydroxylation is 1. The first-order valence-corrected chi connectivity index (χ1v) is 8.16. The molecular formula is C18H16N2O3Se. The van der Waals surface area contributed by atoms with Gasteiger partial charge in [-0.25, -0.2) is 0 Å². The first kappa shape index (κ1) is 16.3. The monoisotopic (exact) mass is 388 g/mol. The number of carbonyl (C=O) groups is 1. The maximum absolute atomic E-state index is 12.8. The number of amides is 1. The van der Waals surface area contributed by atoms with Crippen molar-refractivity contribution in [1.29, 1.82) is 0 Å². The first-order valence-electron chi connectivity index (χ1n) is 7.30. The van der Waals surface area contributed by atoms with E-state index in [0.29, 0.717) is 15.9 Å². The summed E-state index contributed by atoms with van der Waals surface area (Å²) in [7, 11) is 1.78. The number of likely N-dealkylation sites (N-methyl/N-ethyl adjacent to an activating group) is 1. The zero-order valence-electron chi connectivity index (χ0n) is 13.2. The average Bonchev–Trinajstić information content (AvgIpc) is 2.71. The fourth-order valence-corrected chi connectivity index (χ4v) is 3.14. The Balaban J connectivity index is 2.01. The van der Waals surface area contributed by atoms with E-state index in [-0.39, 0.29) is 17.4 Å². The minimum atomic E-state index is -0.182. The second kappa shape index (κ2) is 6.15. The van der Waals surface area contributed by atoms with Crippen LogP contribution in [0.4, 0.5) is 5.69 Å². The summed E-state index contributed by atoms with van der Waals surface area (Å²) < 4.78 is 0.666. The number of phenolic OH excluding ortho intramolecular Hbond substituents is 2. The number of rotatable bonds is 2. The van der Waals surface area contributed by atoms with Crippen LogP contribution in [0, 0.1) is 6.92 Å². The predicted molar refractivity (Wildman–Crippen MR) is 94.9 cm³/mol. The summed E-state index contributed by atoms with van der Waals surface area (Å²) in [4.78, 5) is 16.2. The van der Waals surface area contributed by atoms with E-state index in [4.69, 9.17) is 0 Å². The Morgan fingerprint density at radius 2 is 1.62 bits per heavy atom. The van der Waals surface area contributed by atoms with Crippen molar-refractivity contribution in [2.45, 2.75) is 6.92 Å². The molecule has 1 amide bonds. The fourth-order valence-electron chi connectivity index (χ4n) is 2.54. The molecule has 0 bridgehead atoms. The van der Waals surface area contributed by atoms with E-state index in [2.05, 4.69) is 15.6 Å². The van der Waals surface area contributed by atoms with E-state index in [0.717, 1.165) is 11.3 Å². The summed E-state index contributed by atoms with van der Waals surface area (Å²) in [6.07, 6.45) is 1.63. The van der Waals surface area contributed by atoms with Gasteiger partial charge in [-0.3, -0.25) is 0 Å². The van der Waals surface area contributed by atoms with Crippen LogP contribution in [0.3, 0.4) is 0 Å². The van der Waals surface area contributed by atoms with E-state index in [9.17, 15) is 15.0 Å². The van der Waals surface area contributed by atoms with Crippen molar-refractivity contribution >= 4 is 37.9 Å². The predicted octanol–water partition coefficient (Wildman–Crippen LogP) is 1.98. The third-order valence-electron chi connectivity index (χ3n) is 3.78. The molecule has 1 heterocycles. The van der Waals surface area contributed by atoms with E-state index in [1.807, 2.05) is 31.2 Å². The Morgan fingerprint density at radius 3 is 2.21 bits per heavy atom. The zero-order chi connectivity index (χ0) is 17.4. The van der Waals surface area contributed by atoms with Crippen LogP contribution < -0.4 is 4.90 Å². The van der Waals surface area contributed by atoms with Crippen LogP contribution in [-0.2, 0) is 4.79 Å². The molecule has 5 nitrogen and oxygen atoms in total. The molecule has 1 aliphatic heterocycles. The second-order valence-corrected chi connectivity index (χ2v) is 6.40. The van der Waals surface area contributed by atoms with E-state index < -0.39 is 0 Å². The quantitative estimate of drug-likeness (QED) is 0.611. The molecule has 2 aromatic rings. The number of nitrogens with zero attached hydrogens (tertiary/aromatic N) is 2. The molecule has 6 heteroatoms. The summed E-state index contributed by atoms with van der Waals surface area (Å²) in [5, 5.41) is 19.2. The van der Waals surface area contributed by atoms with E-state index >= 15 is 0 Å². The molecule has 2 N–H and O–H groups in total. The summed E-state index contributed by atoms with van der Waals surface area (Å²) in [5.41, 5.74) is 2.87. The van der Waals surface area contributed by atoms with Gasteiger partial charge < -0.3 is 0 Å².